The number of alkyl halides is 2. The molecule has 0 amide bonds. The maximum Gasteiger partial charge on any atom is 0.334 e. The van der Waals surface area contributed by atoms with E-state index in [0.717, 1.165) is 6.33 Å². The van der Waals surface area contributed by atoms with E-state index in [0.29, 0.717) is 31.6 Å². The van der Waals surface area contributed by atoms with E-state index in [1.54, 1.807) is 6.07 Å². The van der Waals surface area contributed by atoms with Crippen LogP contribution in [-0.4, -0.2) is 31.3 Å². The van der Waals surface area contributed by atoms with Gasteiger partial charge in [0.1, 0.15) is 25.1 Å². The first-order valence-electron chi connectivity index (χ1n) is 6.76. The van der Waals surface area contributed by atoms with E-state index in [1.807, 2.05) is 0 Å². The number of nitrogens with two attached hydrogens (primary N) is 1. The zero-order chi connectivity index (χ0) is 16.8. The molecule has 0 bridgehead atoms. The molecule has 1 atom stereocenters. The number of hydrogen-bond donors (Lipinski definition) is 1. The van der Waals surface area contributed by atoms with E-state index >= 15 is 0 Å². The van der Waals surface area contributed by atoms with E-state index < -0.39 is 12.7 Å². The van der Waals surface area contributed by atoms with Crippen molar-refractivity contribution >= 4 is 32.7 Å². The maximum atomic E-state index is 12.6. The minimum atomic E-state index is -2.77. The van der Waals surface area contributed by atoms with Gasteiger partial charge in [0.2, 0.25) is 0 Å². The second-order valence-electron chi connectivity index (χ2n) is 4.95. The molecule has 0 aliphatic carbocycles. The summed E-state index contributed by atoms with van der Waals surface area (Å²) in [4.78, 5) is 12.0. The van der Waals surface area contributed by atoms with E-state index in [4.69, 9.17) is 15.2 Å². The Hall–Kier alpha value is -2.56. The molecule has 24 heavy (non-hydrogen) atoms. The Balaban J connectivity index is 1.79. The van der Waals surface area contributed by atoms with Crippen LogP contribution in [0.4, 0.5) is 14.6 Å². The molecular formula is C13H9BrF2N6O2. The highest BCUT2D eigenvalue weighted by molar-refractivity contribution is 9.10. The molecule has 3 aromatic rings. The standard InChI is InChI=1S/C13H9BrF2N6O2/c14-5-1-6-10(8-9(5)18-3-19-11(8)17)24-7(2-23-6)12-20-4-22(21-12)13(15)16/h1,3-4,7,13H,2H2,(H2,17,18,19). The van der Waals surface area contributed by atoms with Crippen molar-refractivity contribution in [1.82, 2.24) is 24.7 Å². The van der Waals surface area contributed by atoms with Crippen molar-refractivity contribution in [2.45, 2.75) is 12.7 Å². The van der Waals surface area contributed by atoms with Gasteiger partial charge in [0.15, 0.2) is 23.4 Å². The Morgan fingerprint density at radius 3 is 2.92 bits per heavy atom. The minimum absolute atomic E-state index is 0.0752. The summed E-state index contributed by atoms with van der Waals surface area (Å²) >= 11 is 3.40. The molecule has 3 heterocycles. The van der Waals surface area contributed by atoms with Gasteiger partial charge < -0.3 is 15.2 Å². The molecule has 124 valence electrons. The van der Waals surface area contributed by atoms with Gasteiger partial charge >= 0.3 is 6.55 Å². The monoisotopic (exact) mass is 398 g/mol. The van der Waals surface area contributed by atoms with Crippen LogP contribution >= 0.6 is 15.9 Å². The predicted octanol–water partition coefficient (Wildman–Crippen LogP) is 2.47. The van der Waals surface area contributed by atoms with Gasteiger partial charge in [-0.1, -0.05) is 0 Å². The van der Waals surface area contributed by atoms with Gasteiger partial charge in [-0.2, -0.15) is 13.5 Å². The summed E-state index contributed by atoms with van der Waals surface area (Å²) in [5, 5.41) is 4.18. The molecule has 1 aliphatic heterocycles. The van der Waals surface area contributed by atoms with Crippen LogP contribution in [0.1, 0.15) is 18.5 Å². The Morgan fingerprint density at radius 2 is 2.17 bits per heavy atom. The first-order chi connectivity index (χ1) is 11.5. The quantitative estimate of drug-likeness (QED) is 0.707. The molecule has 0 radical (unpaired) electrons. The van der Waals surface area contributed by atoms with Crippen LogP contribution in [0.3, 0.4) is 0 Å². The van der Waals surface area contributed by atoms with E-state index in [9.17, 15) is 8.78 Å². The number of rotatable bonds is 2. The molecule has 0 saturated carbocycles. The van der Waals surface area contributed by atoms with Crippen LogP contribution in [0.2, 0.25) is 0 Å². The second kappa shape index (κ2) is 5.51. The van der Waals surface area contributed by atoms with Gasteiger partial charge in [0, 0.05) is 10.5 Å². The summed E-state index contributed by atoms with van der Waals surface area (Å²) in [5.74, 6) is 1.08. The summed E-state index contributed by atoms with van der Waals surface area (Å²) in [7, 11) is 0. The van der Waals surface area contributed by atoms with Crippen molar-refractivity contribution in [3.8, 4) is 11.5 Å². The lowest BCUT2D eigenvalue weighted by Gasteiger charge is -2.26. The zero-order valence-electron chi connectivity index (χ0n) is 11.9. The Morgan fingerprint density at radius 1 is 1.33 bits per heavy atom. The molecular weight excluding hydrogens is 390 g/mol. The van der Waals surface area contributed by atoms with Crippen molar-refractivity contribution in [2.24, 2.45) is 0 Å². The lowest BCUT2D eigenvalue weighted by atomic mass is 10.1. The third-order valence-corrected chi connectivity index (χ3v) is 4.08. The number of hydrogen-bond acceptors (Lipinski definition) is 7. The first-order valence-corrected chi connectivity index (χ1v) is 7.55. The average molecular weight is 399 g/mol. The Bertz CT molecular complexity index is 934. The van der Waals surface area contributed by atoms with Gasteiger partial charge in [-0.3, -0.25) is 0 Å². The van der Waals surface area contributed by atoms with Gasteiger partial charge in [-0.15, -0.1) is 5.10 Å². The lowest BCUT2D eigenvalue weighted by Crippen LogP contribution is -2.23. The van der Waals surface area contributed by atoms with Crippen molar-refractivity contribution < 1.29 is 18.3 Å². The number of halogens is 3. The highest BCUT2D eigenvalue weighted by Gasteiger charge is 2.30. The van der Waals surface area contributed by atoms with Crippen LogP contribution in [0.15, 0.2) is 23.2 Å². The maximum absolute atomic E-state index is 12.6. The smallest absolute Gasteiger partial charge is 0.334 e. The van der Waals surface area contributed by atoms with E-state index in [1.165, 1.54) is 6.33 Å². The number of fused-ring (bicyclic) bond motifs is 3. The van der Waals surface area contributed by atoms with Crippen molar-refractivity contribution in [2.75, 3.05) is 12.3 Å². The average Bonchev–Trinajstić information content (AvgIpc) is 3.05. The third kappa shape index (κ3) is 2.31. The lowest BCUT2D eigenvalue weighted by molar-refractivity contribution is 0.0520. The number of benzene rings is 1. The summed E-state index contributed by atoms with van der Waals surface area (Å²) in [5.41, 5.74) is 6.49. The molecule has 8 nitrogen and oxygen atoms in total. The molecule has 2 N–H and O–H groups in total. The molecule has 1 unspecified atom stereocenters. The third-order valence-electron chi connectivity index (χ3n) is 3.48. The molecule has 11 heteroatoms. The highest BCUT2D eigenvalue weighted by atomic mass is 79.9. The SMILES string of the molecule is Nc1ncnc2c(Br)cc3c(c12)OC(c1ncn(C(F)F)n1)CO3. The van der Waals surface area contributed by atoms with Crippen LogP contribution in [0.25, 0.3) is 10.9 Å². The number of anilines is 1. The van der Waals surface area contributed by atoms with E-state index in [2.05, 4.69) is 36.0 Å². The van der Waals surface area contributed by atoms with Crippen molar-refractivity contribution in [1.29, 1.82) is 0 Å². The summed E-state index contributed by atoms with van der Waals surface area (Å²) < 4.78 is 37.9. The normalized spacial score (nSPS) is 16.8. The molecule has 0 fully saturated rings. The fourth-order valence-electron chi connectivity index (χ4n) is 2.40. The largest absolute Gasteiger partial charge is 0.485 e. The molecule has 2 aromatic heterocycles. The van der Waals surface area contributed by atoms with E-state index in [-0.39, 0.29) is 18.2 Å². The number of nitrogens with zero attached hydrogens (tertiary/aromatic N) is 5. The molecule has 4 rings (SSSR count). The van der Waals surface area contributed by atoms with Gasteiger partial charge in [0.05, 0.1) is 10.9 Å². The summed E-state index contributed by atoms with van der Waals surface area (Å²) in [6.07, 6.45) is 1.53. The second-order valence-corrected chi connectivity index (χ2v) is 5.80. The van der Waals surface area contributed by atoms with Gasteiger partial charge in [-0.25, -0.2) is 15.0 Å². The Labute approximate surface area is 141 Å². The van der Waals surface area contributed by atoms with Gasteiger partial charge in [0.25, 0.3) is 0 Å². The first kappa shape index (κ1) is 15.0. The zero-order valence-corrected chi connectivity index (χ0v) is 13.4. The molecule has 1 aromatic carbocycles. The van der Waals surface area contributed by atoms with Gasteiger partial charge in [-0.05, 0) is 15.9 Å². The topological polar surface area (TPSA) is 101 Å². The predicted molar refractivity (Wildman–Crippen MR) is 81.8 cm³/mol. The number of nitrogen functional groups attached to an aromatic ring is 1. The Kier molecular flexibility index (Phi) is 3.44. The molecule has 0 saturated heterocycles. The minimum Gasteiger partial charge on any atom is -0.485 e. The van der Waals surface area contributed by atoms with Crippen molar-refractivity contribution in [3.63, 3.8) is 0 Å². The molecule has 1 aliphatic rings. The number of ether oxygens (including phenoxy) is 2. The van der Waals surface area contributed by atoms with Crippen LogP contribution in [0, 0.1) is 0 Å². The fourth-order valence-corrected chi connectivity index (χ4v) is 2.91. The number of aromatic nitrogens is 5. The van der Waals surface area contributed by atoms with Crippen LogP contribution < -0.4 is 15.2 Å². The fraction of sp³-hybridized carbons (Fsp3) is 0.231. The summed E-state index contributed by atoms with van der Waals surface area (Å²) in [6, 6.07) is 1.70. The van der Waals surface area contributed by atoms with Crippen LogP contribution in [0.5, 0.6) is 11.5 Å². The summed E-state index contributed by atoms with van der Waals surface area (Å²) in [6.45, 7) is -2.70. The highest BCUT2D eigenvalue weighted by Crippen LogP contribution is 2.45. The molecule has 0 spiro atoms. The van der Waals surface area contributed by atoms with Crippen molar-refractivity contribution in [3.05, 3.63) is 29.0 Å². The van der Waals surface area contributed by atoms with Crippen LogP contribution in [-0.2, 0) is 0 Å².